The van der Waals surface area contributed by atoms with Gasteiger partial charge >= 0.3 is 5.97 Å². The fraction of sp³-hybridized carbons (Fsp3) is 0.300. The lowest BCUT2D eigenvalue weighted by molar-refractivity contribution is -0.140. The van der Waals surface area contributed by atoms with Crippen molar-refractivity contribution in [2.45, 2.75) is 20.0 Å². The molecule has 0 radical (unpaired) electrons. The molecule has 0 aromatic heterocycles. The lowest BCUT2D eigenvalue weighted by atomic mass is 9.99. The molecule has 150 valence electrons. The van der Waals surface area contributed by atoms with Gasteiger partial charge in [0, 0.05) is 28.2 Å². The molecule has 5 nitrogen and oxygen atoms in total. The average molecular weight is 487 g/mol. The van der Waals surface area contributed by atoms with Crippen molar-refractivity contribution in [3.05, 3.63) is 57.0 Å². The van der Waals surface area contributed by atoms with Crippen molar-refractivity contribution >= 4 is 56.4 Å². The van der Waals surface area contributed by atoms with E-state index in [-0.39, 0.29) is 12.1 Å². The molecule has 0 unspecified atom stereocenters. The van der Waals surface area contributed by atoms with Gasteiger partial charge in [0.1, 0.15) is 16.8 Å². The maximum atomic E-state index is 9.82. The molecule has 2 aromatic rings. The molecule has 1 heterocycles. The highest BCUT2D eigenvalue weighted by Gasteiger charge is 2.26. The van der Waals surface area contributed by atoms with Crippen molar-refractivity contribution in [2.24, 2.45) is 0 Å². The van der Waals surface area contributed by atoms with Gasteiger partial charge in [0.15, 0.2) is 0 Å². The van der Waals surface area contributed by atoms with E-state index in [1.54, 1.807) is 14.0 Å². The topological polar surface area (TPSA) is 56.8 Å². The van der Waals surface area contributed by atoms with Crippen LogP contribution in [-0.2, 0) is 14.3 Å². The summed E-state index contributed by atoms with van der Waals surface area (Å²) in [6.45, 7) is 3.99. The van der Waals surface area contributed by atoms with Crippen LogP contribution < -0.4 is 10.1 Å². The van der Waals surface area contributed by atoms with Crippen molar-refractivity contribution in [1.29, 1.82) is 0 Å². The van der Waals surface area contributed by atoms with E-state index in [1.165, 1.54) is 6.92 Å². The fourth-order valence-electron chi connectivity index (χ4n) is 2.65. The third-order valence-electron chi connectivity index (χ3n) is 3.79. The number of ether oxygens (including phenoxy) is 3. The second kappa shape index (κ2) is 10.8. The highest BCUT2D eigenvalue weighted by Crippen LogP contribution is 2.40. The first-order valence-electron chi connectivity index (χ1n) is 8.54. The highest BCUT2D eigenvalue weighted by atomic mass is 79.9. The minimum absolute atomic E-state index is 0.211. The molecular weight excluding hydrogens is 466 g/mol. The molecule has 0 aliphatic carbocycles. The summed E-state index contributed by atoms with van der Waals surface area (Å²) in [4.78, 5) is 10.5. The molecule has 0 bridgehead atoms. The number of nitrogens with one attached hydrogen (secondary N) is 1. The SMILES string of the molecule is CCOC(C)=O.COc1cccc([C@H]2OCC(=S)Nc3ccc(Br)cc32)c1Cl. The lowest BCUT2D eigenvalue weighted by Crippen LogP contribution is -2.13. The molecule has 3 rings (SSSR count). The number of hydrogen-bond acceptors (Lipinski definition) is 5. The van der Waals surface area contributed by atoms with E-state index >= 15 is 0 Å². The standard InChI is InChI=1S/C16H13BrClNO2S.C4H8O2/c1-20-13-4-2-3-10(15(13)18)16-11-7-9(17)5-6-12(11)19-14(22)8-21-16;1-3-6-4(2)5/h2-7,16H,8H2,1H3,(H,19,22);3H2,1-2H3/t16-;/m1./s1. The van der Waals surface area contributed by atoms with Crippen LogP contribution in [0.1, 0.15) is 31.1 Å². The zero-order chi connectivity index (χ0) is 20.7. The average Bonchev–Trinajstić information content (AvgIpc) is 2.81. The molecule has 2 aromatic carbocycles. The van der Waals surface area contributed by atoms with Crippen molar-refractivity contribution in [2.75, 3.05) is 25.6 Å². The number of methoxy groups -OCH3 is 1. The van der Waals surface area contributed by atoms with Gasteiger partial charge in [0.25, 0.3) is 0 Å². The number of thiocarbonyl (C=S) groups is 1. The van der Waals surface area contributed by atoms with Gasteiger partial charge in [-0.25, -0.2) is 0 Å². The van der Waals surface area contributed by atoms with E-state index < -0.39 is 0 Å². The van der Waals surface area contributed by atoms with Crippen LogP contribution in [0.25, 0.3) is 0 Å². The Bertz CT molecular complexity index is 862. The van der Waals surface area contributed by atoms with Crippen molar-refractivity contribution in [3.63, 3.8) is 0 Å². The predicted molar refractivity (Wildman–Crippen MR) is 118 cm³/mol. The number of carbonyl (C=O) groups is 1. The number of fused-ring (bicyclic) bond motifs is 1. The Morgan fingerprint density at radius 1 is 1.36 bits per heavy atom. The molecule has 0 fully saturated rings. The summed E-state index contributed by atoms with van der Waals surface area (Å²) in [6.07, 6.45) is -0.317. The predicted octanol–water partition coefficient (Wildman–Crippen LogP) is 5.54. The van der Waals surface area contributed by atoms with Crippen LogP contribution in [0.2, 0.25) is 5.02 Å². The van der Waals surface area contributed by atoms with Crippen LogP contribution in [0.5, 0.6) is 5.75 Å². The number of halogens is 2. The minimum Gasteiger partial charge on any atom is -0.495 e. The lowest BCUT2D eigenvalue weighted by Gasteiger charge is -2.20. The molecule has 1 aliphatic rings. The van der Waals surface area contributed by atoms with Gasteiger partial charge in [0.2, 0.25) is 0 Å². The molecule has 1 N–H and O–H groups in total. The largest absolute Gasteiger partial charge is 0.495 e. The Morgan fingerprint density at radius 2 is 2.11 bits per heavy atom. The second-order valence-corrected chi connectivity index (χ2v) is 7.55. The number of rotatable bonds is 3. The van der Waals surface area contributed by atoms with E-state index in [0.29, 0.717) is 29.0 Å². The normalized spacial score (nSPS) is 15.3. The van der Waals surface area contributed by atoms with Crippen LogP contribution in [0.15, 0.2) is 40.9 Å². The summed E-state index contributed by atoms with van der Waals surface area (Å²) in [5.74, 6) is 0.414. The zero-order valence-corrected chi connectivity index (χ0v) is 18.9. The Balaban J connectivity index is 0.000000409. The number of esters is 1. The van der Waals surface area contributed by atoms with Gasteiger partial charge in [-0.15, -0.1) is 0 Å². The molecular formula is C20H21BrClNO4S. The molecule has 28 heavy (non-hydrogen) atoms. The van der Waals surface area contributed by atoms with Crippen molar-refractivity contribution in [3.8, 4) is 5.75 Å². The van der Waals surface area contributed by atoms with Gasteiger partial charge in [-0.1, -0.05) is 51.9 Å². The number of hydrogen-bond donors (Lipinski definition) is 1. The quantitative estimate of drug-likeness (QED) is 0.454. The van der Waals surface area contributed by atoms with Crippen LogP contribution in [0.4, 0.5) is 5.69 Å². The Hall–Kier alpha value is -1.67. The molecule has 1 atom stereocenters. The first kappa shape index (κ1) is 22.6. The van der Waals surface area contributed by atoms with Gasteiger partial charge in [0.05, 0.1) is 25.3 Å². The highest BCUT2D eigenvalue weighted by molar-refractivity contribution is 9.10. The van der Waals surface area contributed by atoms with E-state index in [9.17, 15) is 4.79 Å². The maximum absolute atomic E-state index is 9.82. The summed E-state index contributed by atoms with van der Waals surface area (Å²) >= 11 is 15.3. The first-order valence-corrected chi connectivity index (χ1v) is 10.1. The minimum atomic E-state index is -0.317. The molecule has 0 saturated carbocycles. The summed E-state index contributed by atoms with van der Waals surface area (Å²) in [6, 6.07) is 11.6. The van der Waals surface area contributed by atoms with Gasteiger partial charge < -0.3 is 19.5 Å². The Labute approximate surface area is 183 Å². The third kappa shape index (κ3) is 5.91. The Kier molecular flexibility index (Phi) is 8.69. The molecule has 8 heteroatoms. The molecule has 0 saturated heterocycles. The summed E-state index contributed by atoms with van der Waals surface area (Å²) in [7, 11) is 1.60. The van der Waals surface area contributed by atoms with E-state index in [1.807, 2.05) is 36.4 Å². The van der Waals surface area contributed by atoms with Gasteiger partial charge in [-0.05, 0) is 31.2 Å². The molecule has 1 aliphatic heterocycles. The van der Waals surface area contributed by atoms with E-state index in [0.717, 1.165) is 21.3 Å². The van der Waals surface area contributed by atoms with Gasteiger partial charge in [-0.3, -0.25) is 4.79 Å². The fourth-order valence-corrected chi connectivity index (χ4v) is 3.51. The molecule has 0 spiro atoms. The van der Waals surface area contributed by atoms with Crippen molar-refractivity contribution in [1.82, 2.24) is 0 Å². The number of carbonyl (C=O) groups excluding carboxylic acids is 1. The maximum Gasteiger partial charge on any atom is 0.302 e. The van der Waals surface area contributed by atoms with Crippen LogP contribution in [0, 0.1) is 0 Å². The number of benzene rings is 2. The first-order chi connectivity index (χ1) is 13.4. The second-order valence-electron chi connectivity index (χ2n) is 5.76. The third-order valence-corrected chi connectivity index (χ3v) is 4.91. The monoisotopic (exact) mass is 485 g/mol. The summed E-state index contributed by atoms with van der Waals surface area (Å²) in [5.41, 5.74) is 2.76. The van der Waals surface area contributed by atoms with Crippen LogP contribution in [-0.4, -0.2) is 31.3 Å². The Morgan fingerprint density at radius 3 is 2.71 bits per heavy atom. The zero-order valence-electron chi connectivity index (χ0n) is 15.8. The van der Waals surface area contributed by atoms with E-state index in [2.05, 4.69) is 26.0 Å². The summed E-state index contributed by atoms with van der Waals surface area (Å²) < 4.78 is 16.7. The van der Waals surface area contributed by atoms with Crippen LogP contribution >= 0.6 is 39.7 Å². The van der Waals surface area contributed by atoms with Crippen molar-refractivity contribution < 1.29 is 19.0 Å². The molecule has 0 amide bonds. The van der Waals surface area contributed by atoms with Crippen LogP contribution in [0.3, 0.4) is 0 Å². The van der Waals surface area contributed by atoms with Gasteiger partial charge in [-0.2, -0.15) is 0 Å². The summed E-state index contributed by atoms with van der Waals surface area (Å²) in [5, 5.41) is 3.76. The number of anilines is 1. The smallest absolute Gasteiger partial charge is 0.302 e. The van der Waals surface area contributed by atoms with E-state index in [4.69, 9.17) is 33.3 Å².